The number of rotatable bonds is 5. The first kappa shape index (κ1) is 14.0. The van der Waals surface area contributed by atoms with Gasteiger partial charge in [-0.05, 0) is 37.1 Å². The molecule has 1 rings (SSSR count). The topological polar surface area (TPSA) is 66.4 Å². The summed E-state index contributed by atoms with van der Waals surface area (Å²) < 4.78 is 26.6. The van der Waals surface area contributed by atoms with Crippen molar-refractivity contribution < 1.29 is 13.5 Å². The maximum atomic E-state index is 12.0. The molecule has 2 atom stereocenters. The predicted octanol–water partition coefficient (Wildman–Crippen LogP) is 2.11. The molecule has 2 N–H and O–H groups in total. The van der Waals surface area contributed by atoms with E-state index in [1.807, 2.05) is 20.8 Å². The molecular weight excluding hydrogens is 238 g/mol. The maximum Gasteiger partial charge on any atom is 0.240 e. The molecule has 0 aliphatic rings. The lowest BCUT2D eigenvalue weighted by Gasteiger charge is -2.19. The number of aromatic hydroxyl groups is 1. The van der Waals surface area contributed by atoms with Crippen LogP contribution in [0.1, 0.15) is 27.2 Å². The second-order valence-electron chi connectivity index (χ2n) is 4.29. The van der Waals surface area contributed by atoms with Gasteiger partial charge in [0.05, 0.1) is 4.90 Å². The van der Waals surface area contributed by atoms with Gasteiger partial charge in [-0.1, -0.05) is 20.3 Å². The van der Waals surface area contributed by atoms with Crippen LogP contribution in [0.5, 0.6) is 5.75 Å². The van der Waals surface area contributed by atoms with Crippen LogP contribution < -0.4 is 4.72 Å². The van der Waals surface area contributed by atoms with E-state index in [-0.39, 0.29) is 22.6 Å². The average Bonchev–Trinajstić information content (AvgIpc) is 2.27. The van der Waals surface area contributed by atoms with E-state index >= 15 is 0 Å². The molecule has 0 radical (unpaired) electrons. The molecule has 0 aliphatic carbocycles. The third-order valence-electron chi connectivity index (χ3n) is 2.99. The molecule has 2 unspecified atom stereocenters. The lowest BCUT2D eigenvalue weighted by Crippen LogP contribution is -2.36. The van der Waals surface area contributed by atoms with Crippen molar-refractivity contribution in [3.63, 3.8) is 0 Å². The van der Waals surface area contributed by atoms with Crippen molar-refractivity contribution in [3.8, 4) is 5.75 Å². The molecule has 0 amide bonds. The van der Waals surface area contributed by atoms with Crippen molar-refractivity contribution in [1.82, 2.24) is 4.72 Å². The van der Waals surface area contributed by atoms with Gasteiger partial charge in [-0.2, -0.15) is 0 Å². The molecule has 17 heavy (non-hydrogen) atoms. The molecule has 0 fully saturated rings. The molecule has 0 aromatic heterocycles. The SMILES string of the molecule is CCC(C)C(C)NS(=O)(=O)c1ccc(O)cc1. The fourth-order valence-electron chi connectivity index (χ4n) is 1.41. The van der Waals surface area contributed by atoms with Crippen LogP contribution in [0.4, 0.5) is 0 Å². The summed E-state index contributed by atoms with van der Waals surface area (Å²) in [6.45, 7) is 5.88. The number of phenols is 1. The van der Waals surface area contributed by atoms with E-state index in [4.69, 9.17) is 5.11 Å². The highest BCUT2D eigenvalue weighted by Crippen LogP contribution is 2.16. The summed E-state index contributed by atoms with van der Waals surface area (Å²) in [4.78, 5) is 0.172. The average molecular weight is 257 g/mol. The van der Waals surface area contributed by atoms with Gasteiger partial charge in [-0.15, -0.1) is 0 Å². The minimum absolute atomic E-state index is 0.0546. The summed E-state index contributed by atoms with van der Waals surface area (Å²) in [7, 11) is -3.49. The first-order valence-electron chi connectivity index (χ1n) is 5.68. The fourth-order valence-corrected chi connectivity index (χ4v) is 2.76. The maximum absolute atomic E-state index is 12.0. The Labute approximate surface area is 103 Å². The van der Waals surface area contributed by atoms with Crippen molar-refractivity contribution in [1.29, 1.82) is 0 Å². The molecule has 0 spiro atoms. The molecule has 0 saturated heterocycles. The normalized spacial score (nSPS) is 15.5. The largest absolute Gasteiger partial charge is 0.508 e. The molecule has 1 aromatic rings. The number of benzene rings is 1. The van der Waals surface area contributed by atoms with Crippen molar-refractivity contribution in [2.24, 2.45) is 5.92 Å². The van der Waals surface area contributed by atoms with Crippen LogP contribution in [-0.2, 0) is 10.0 Å². The lowest BCUT2D eigenvalue weighted by molar-refractivity contribution is 0.434. The molecule has 0 saturated carbocycles. The predicted molar refractivity (Wildman–Crippen MR) is 67.3 cm³/mol. The fraction of sp³-hybridized carbons (Fsp3) is 0.500. The standard InChI is InChI=1S/C12H19NO3S/c1-4-9(2)10(3)13-17(15,16)12-7-5-11(14)6-8-12/h5-10,13-14H,4H2,1-3H3. The van der Waals surface area contributed by atoms with Crippen molar-refractivity contribution in [3.05, 3.63) is 24.3 Å². The first-order chi connectivity index (χ1) is 7.86. The van der Waals surface area contributed by atoms with E-state index in [0.29, 0.717) is 0 Å². The van der Waals surface area contributed by atoms with E-state index in [0.717, 1.165) is 6.42 Å². The van der Waals surface area contributed by atoms with Crippen LogP contribution in [0.25, 0.3) is 0 Å². The molecule has 96 valence electrons. The van der Waals surface area contributed by atoms with Crippen LogP contribution in [0.15, 0.2) is 29.2 Å². The van der Waals surface area contributed by atoms with E-state index < -0.39 is 10.0 Å². The molecule has 0 heterocycles. The van der Waals surface area contributed by atoms with Gasteiger partial charge in [-0.25, -0.2) is 13.1 Å². The Morgan fingerprint density at radius 2 is 1.76 bits per heavy atom. The van der Waals surface area contributed by atoms with E-state index in [2.05, 4.69) is 4.72 Å². The monoisotopic (exact) mass is 257 g/mol. The number of hydrogen-bond donors (Lipinski definition) is 2. The number of phenolic OH excluding ortho intramolecular Hbond substituents is 1. The van der Waals surface area contributed by atoms with Crippen molar-refractivity contribution >= 4 is 10.0 Å². The van der Waals surface area contributed by atoms with Gasteiger partial charge in [-0.3, -0.25) is 0 Å². The lowest BCUT2D eigenvalue weighted by atomic mass is 10.0. The van der Waals surface area contributed by atoms with Crippen LogP contribution in [0, 0.1) is 5.92 Å². The quantitative estimate of drug-likeness (QED) is 0.849. The highest BCUT2D eigenvalue weighted by molar-refractivity contribution is 7.89. The second-order valence-corrected chi connectivity index (χ2v) is 6.00. The Balaban J connectivity index is 2.85. The smallest absolute Gasteiger partial charge is 0.240 e. The van der Waals surface area contributed by atoms with Crippen LogP contribution in [0.3, 0.4) is 0 Å². The van der Waals surface area contributed by atoms with Gasteiger partial charge in [0.15, 0.2) is 0 Å². The number of nitrogens with one attached hydrogen (secondary N) is 1. The van der Waals surface area contributed by atoms with Crippen molar-refractivity contribution in [2.75, 3.05) is 0 Å². The Kier molecular flexibility index (Phi) is 4.54. The third-order valence-corrected chi connectivity index (χ3v) is 4.56. The summed E-state index contributed by atoms with van der Waals surface area (Å²) in [6.07, 6.45) is 0.916. The summed E-state index contributed by atoms with van der Waals surface area (Å²) in [5, 5.41) is 9.12. The Bertz CT molecular complexity index is 453. The van der Waals surface area contributed by atoms with Gasteiger partial charge < -0.3 is 5.11 Å². The van der Waals surface area contributed by atoms with Gasteiger partial charge in [0.1, 0.15) is 5.75 Å². The zero-order valence-corrected chi connectivity index (χ0v) is 11.2. The van der Waals surface area contributed by atoms with E-state index in [1.165, 1.54) is 24.3 Å². The van der Waals surface area contributed by atoms with Gasteiger partial charge in [0.25, 0.3) is 0 Å². The first-order valence-corrected chi connectivity index (χ1v) is 7.16. The Morgan fingerprint density at radius 1 is 1.24 bits per heavy atom. The highest BCUT2D eigenvalue weighted by Gasteiger charge is 2.20. The molecule has 5 heteroatoms. The molecule has 4 nitrogen and oxygen atoms in total. The summed E-state index contributed by atoms with van der Waals surface area (Å²) in [5.74, 6) is 0.334. The van der Waals surface area contributed by atoms with E-state index in [1.54, 1.807) is 0 Å². The number of hydrogen-bond acceptors (Lipinski definition) is 3. The van der Waals surface area contributed by atoms with Crippen LogP contribution in [0.2, 0.25) is 0 Å². The molecule has 0 bridgehead atoms. The second kappa shape index (κ2) is 5.51. The molecular formula is C12H19NO3S. The Morgan fingerprint density at radius 3 is 2.24 bits per heavy atom. The molecule has 1 aromatic carbocycles. The minimum atomic E-state index is -3.49. The zero-order chi connectivity index (χ0) is 13.1. The summed E-state index contributed by atoms with van der Waals surface area (Å²) in [6, 6.07) is 5.39. The third kappa shape index (κ3) is 3.71. The summed E-state index contributed by atoms with van der Waals surface area (Å²) in [5.41, 5.74) is 0. The van der Waals surface area contributed by atoms with Crippen LogP contribution >= 0.6 is 0 Å². The zero-order valence-electron chi connectivity index (χ0n) is 10.3. The minimum Gasteiger partial charge on any atom is -0.508 e. The summed E-state index contributed by atoms with van der Waals surface area (Å²) >= 11 is 0. The van der Waals surface area contributed by atoms with Crippen molar-refractivity contribution in [2.45, 2.75) is 38.1 Å². The number of sulfonamides is 1. The van der Waals surface area contributed by atoms with Gasteiger partial charge in [0, 0.05) is 6.04 Å². The van der Waals surface area contributed by atoms with E-state index in [9.17, 15) is 8.42 Å². The van der Waals surface area contributed by atoms with Gasteiger partial charge >= 0.3 is 0 Å². The van der Waals surface area contributed by atoms with Crippen LogP contribution in [-0.4, -0.2) is 19.6 Å². The van der Waals surface area contributed by atoms with Gasteiger partial charge in [0.2, 0.25) is 10.0 Å². The Hall–Kier alpha value is -1.07. The molecule has 0 aliphatic heterocycles. The highest BCUT2D eigenvalue weighted by atomic mass is 32.2.